The molecule has 0 amide bonds. The van der Waals surface area contributed by atoms with Gasteiger partial charge in [-0.05, 0) is 54.4 Å². The Balaban J connectivity index is 1.81. The van der Waals surface area contributed by atoms with Crippen molar-refractivity contribution in [1.82, 2.24) is 0 Å². The molecule has 0 aliphatic heterocycles. The summed E-state index contributed by atoms with van der Waals surface area (Å²) in [6.07, 6.45) is 5.89. The summed E-state index contributed by atoms with van der Waals surface area (Å²) in [5.74, 6) is 0.307. The number of hydrogen-bond donors (Lipinski definition) is 0. The van der Waals surface area contributed by atoms with Crippen molar-refractivity contribution in [3.05, 3.63) is 40.9 Å². The van der Waals surface area contributed by atoms with Crippen molar-refractivity contribution in [3.8, 4) is 0 Å². The molecule has 0 bridgehead atoms. The maximum absolute atomic E-state index is 12.1. The second kappa shape index (κ2) is 9.77. The molecule has 0 unspecified atom stereocenters. The lowest BCUT2D eigenvalue weighted by Gasteiger charge is -2.36. The number of rotatable bonds is 6. The molecule has 1 aromatic rings. The van der Waals surface area contributed by atoms with E-state index in [1.807, 2.05) is 6.07 Å². The van der Waals surface area contributed by atoms with Crippen LogP contribution in [0, 0.1) is 17.8 Å². The molecule has 1 saturated carbocycles. The summed E-state index contributed by atoms with van der Waals surface area (Å²) in [4.78, 5) is 23.8. The second-order valence-electron chi connectivity index (χ2n) is 7.35. The molecule has 0 N–H and O–H groups in total. The minimum atomic E-state index is -0.584. The van der Waals surface area contributed by atoms with E-state index in [0.29, 0.717) is 22.8 Å². The Bertz CT molecular complexity index is 653. The van der Waals surface area contributed by atoms with Gasteiger partial charge in [-0.25, -0.2) is 9.59 Å². The molecule has 0 spiro atoms. The summed E-state index contributed by atoms with van der Waals surface area (Å²) in [7, 11) is 0. The fourth-order valence-corrected chi connectivity index (χ4v) is 3.60. The van der Waals surface area contributed by atoms with Crippen LogP contribution in [0.4, 0.5) is 0 Å². The van der Waals surface area contributed by atoms with Crippen LogP contribution in [0.15, 0.2) is 30.3 Å². The predicted octanol–water partition coefficient (Wildman–Crippen LogP) is 4.90. The zero-order valence-electron chi connectivity index (χ0n) is 15.6. The zero-order chi connectivity index (χ0) is 19.1. The maximum Gasteiger partial charge on any atom is 0.344 e. The standard InChI is InChI=1S/C21H27ClO4/c1-14(2)18-9-7-15(3)11-19(18)26-21(24)13-25-20(23)10-8-16-5-4-6-17(22)12-16/h4-6,8,10,12,14-15,18-19H,7,9,11,13H2,1-3H3/b10-8+/t15-,18+,19+/m0/s1. The van der Waals surface area contributed by atoms with Crippen LogP contribution in [0.3, 0.4) is 0 Å². The largest absolute Gasteiger partial charge is 0.460 e. The van der Waals surface area contributed by atoms with Gasteiger partial charge in [0, 0.05) is 11.1 Å². The molecule has 0 radical (unpaired) electrons. The Morgan fingerprint density at radius 3 is 2.77 bits per heavy atom. The Morgan fingerprint density at radius 2 is 2.08 bits per heavy atom. The molecule has 26 heavy (non-hydrogen) atoms. The van der Waals surface area contributed by atoms with E-state index < -0.39 is 11.9 Å². The van der Waals surface area contributed by atoms with E-state index in [-0.39, 0.29) is 12.7 Å². The van der Waals surface area contributed by atoms with Crippen LogP contribution in [0.1, 0.15) is 45.6 Å². The van der Waals surface area contributed by atoms with Gasteiger partial charge < -0.3 is 9.47 Å². The summed E-state index contributed by atoms with van der Waals surface area (Å²) < 4.78 is 10.6. The first kappa shape index (κ1) is 20.5. The lowest BCUT2D eigenvalue weighted by Crippen LogP contribution is -2.36. The number of ether oxygens (including phenoxy) is 2. The van der Waals surface area contributed by atoms with Crippen LogP contribution < -0.4 is 0 Å². The van der Waals surface area contributed by atoms with Crippen molar-refractivity contribution < 1.29 is 19.1 Å². The van der Waals surface area contributed by atoms with Crippen molar-refractivity contribution >= 4 is 29.6 Å². The summed E-state index contributed by atoms with van der Waals surface area (Å²) in [6, 6.07) is 7.10. The van der Waals surface area contributed by atoms with Crippen molar-refractivity contribution in [3.63, 3.8) is 0 Å². The molecular formula is C21H27ClO4. The molecule has 142 valence electrons. The summed E-state index contributed by atoms with van der Waals surface area (Å²) >= 11 is 5.89. The number of esters is 2. The Morgan fingerprint density at radius 1 is 1.31 bits per heavy atom. The molecule has 4 nitrogen and oxygen atoms in total. The average molecular weight is 379 g/mol. The number of carbonyl (C=O) groups excluding carboxylic acids is 2. The molecule has 1 aliphatic carbocycles. The van der Waals surface area contributed by atoms with Gasteiger partial charge in [0.05, 0.1) is 0 Å². The fourth-order valence-electron chi connectivity index (χ4n) is 3.41. The van der Waals surface area contributed by atoms with Gasteiger partial charge in [-0.15, -0.1) is 0 Å². The monoisotopic (exact) mass is 378 g/mol. The van der Waals surface area contributed by atoms with E-state index in [0.717, 1.165) is 18.4 Å². The number of carbonyl (C=O) groups is 2. The van der Waals surface area contributed by atoms with E-state index in [9.17, 15) is 9.59 Å². The Kier molecular flexibility index (Phi) is 7.70. The smallest absolute Gasteiger partial charge is 0.344 e. The van der Waals surface area contributed by atoms with Gasteiger partial charge in [-0.3, -0.25) is 0 Å². The van der Waals surface area contributed by atoms with Gasteiger partial charge >= 0.3 is 11.9 Å². The van der Waals surface area contributed by atoms with Crippen molar-refractivity contribution in [2.45, 2.75) is 46.1 Å². The first-order chi connectivity index (χ1) is 12.3. The van der Waals surface area contributed by atoms with Crippen LogP contribution in [-0.2, 0) is 19.1 Å². The molecule has 1 aromatic carbocycles. The third-order valence-corrected chi connectivity index (χ3v) is 5.07. The van der Waals surface area contributed by atoms with Crippen molar-refractivity contribution in [2.75, 3.05) is 6.61 Å². The highest BCUT2D eigenvalue weighted by molar-refractivity contribution is 6.30. The molecule has 0 aromatic heterocycles. The summed E-state index contributed by atoms with van der Waals surface area (Å²) in [5, 5.41) is 0.588. The lowest BCUT2D eigenvalue weighted by molar-refractivity contribution is -0.165. The van der Waals surface area contributed by atoms with Crippen molar-refractivity contribution in [1.29, 1.82) is 0 Å². The molecule has 0 heterocycles. The molecule has 5 heteroatoms. The van der Waals surface area contributed by atoms with Gasteiger partial charge in [0.25, 0.3) is 0 Å². The van der Waals surface area contributed by atoms with Crippen LogP contribution >= 0.6 is 11.6 Å². The molecular weight excluding hydrogens is 352 g/mol. The Hall–Kier alpha value is -1.81. The average Bonchev–Trinajstić information content (AvgIpc) is 2.58. The minimum absolute atomic E-state index is 0.0908. The lowest BCUT2D eigenvalue weighted by atomic mass is 9.75. The van der Waals surface area contributed by atoms with E-state index in [1.165, 1.54) is 12.5 Å². The highest BCUT2D eigenvalue weighted by Gasteiger charge is 2.33. The van der Waals surface area contributed by atoms with E-state index >= 15 is 0 Å². The molecule has 1 aliphatic rings. The topological polar surface area (TPSA) is 52.6 Å². The predicted molar refractivity (Wildman–Crippen MR) is 103 cm³/mol. The number of halogens is 1. The van der Waals surface area contributed by atoms with Crippen LogP contribution in [-0.4, -0.2) is 24.6 Å². The van der Waals surface area contributed by atoms with Gasteiger partial charge in [-0.1, -0.05) is 50.9 Å². The van der Waals surface area contributed by atoms with Crippen LogP contribution in [0.25, 0.3) is 6.08 Å². The first-order valence-electron chi connectivity index (χ1n) is 9.15. The van der Waals surface area contributed by atoms with Gasteiger partial charge in [0.2, 0.25) is 0 Å². The van der Waals surface area contributed by atoms with Gasteiger partial charge in [0.15, 0.2) is 6.61 Å². The third-order valence-electron chi connectivity index (χ3n) is 4.84. The fraction of sp³-hybridized carbons (Fsp3) is 0.524. The third kappa shape index (κ3) is 6.49. The molecule has 3 atom stereocenters. The summed E-state index contributed by atoms with van der Waals surface area (Å²) in [5.41, 5.74) is 0.785. The van der Waals surface area contributed by atoms with Crippen molar-refractivity contribution in [2.24, 2.45) is 17.8 Å². The number of hydrogen-bond acceptors (Lipinski definition) is 4. The SMILES string of the molecule is CC(C)[C@H]1CC[C@H](C)C[C@H]1OC(=O)COC(=O)/C=C/c1cccc(Cl)c1. The van der Waals surface area contributed by atoms with E-state index in [2.05, 4.69) is 20.8 Å². The number of benzene rings is 1. The minimum Gasteiger partial charge on any atom is -0.460 e. The second-order valence-corrected chi connectivity index (χ2v) is 7.79. The summed E-state index contributed by atoms with van der Waals surface area (Å²) in [6.45, 7) is 6.12. The normalized spacial score (nSPS) is 23.2. The molecule has 2 rings (SSSR count). The van der Waals surface area contributed by atoms with E-state index in [1.54, 1.807) is 24.3 Å². The first-order valence-corrected chi connectivity index (χ1v) is 9.53. The quantitative estimate of drug-likeness (QED) is 0.521. The highest BCUT2D eigenvalue weighted by atomic mass is 35.5. The maximum atomic E-state index is 12.1. The van der Waals surface area contributed by atoms with E-state index in [4.69, 9.17) is 21.1 Å². The molecule has 1 fully saturated rings. The van der Waals surface area contributed by atoms with Gasteiger partial charge in [0.1, 0.15) is 6.10 Å². The Labute approximate surface area is 160 Å². The van der Waals surface area contributed by atoms with Crippen LogP contribution in [0.5, 0.6) is 0 Å². The van der Waals surface area contributed by atoms with Crippen LogP contribution in [0.2, 0.25) is 5.02 Å². The van der Waals surface area contributed by atoms with Gasteiger partial charge in [-0.2, -0.15) is 0 Å². The molecule has 0 saturated heterocycles. The zero-order valence-corrected chi connectivity index (χ0v) is 16.4. The highest BCUT2D eigenvalue weighted by Crippen LogP contribution is 2.35.